The Bertz CT molecular complexity index is 203. The van der Waals surface area contributed by atoms with Crippen LogP contribution in [0.2, 0.25) is 0 Å². The van der Waals surface area contributed by atoms with E-state index in [1.165, 1.54) is 0 Å². The quantitative estimate of drug-likeness (QED) is 0.477. The van der Waals surface area contributed by atoms with Gasteiger partial charge >= 0.3 is 0 Å². The zero-order valence-corrected chi connectivity index (χ0v) is 7.85. The molecule has 1 fully saturated rings. The molecule has 1 rings (SSSR count). The molecule has 0 aromatic heterocycles. The Morgan fingerprint density at radius 1 is 1.58 bits per heavy atom. The van der Waals surface area contributed by atoms with Crippen LogP contribution in [0.25, 0.3) is 0 Å². The zero-order valence-electron chi connectivity index (χ0n) is 7.03. The van der Waals surface area contributed by atoms with Crippen molar-refractivity contribution in [1.29, 1.82) is 0 Å². The highest BCUT2D eigenvalue weighted by molar-refractivity contribution is 8.00. The molecule has 2 nitrogen and oxygen atoms in total. The van der Waals surface area contributed by atoms with E-state index in [9.17, 15) is 4.79 Å². The molecular formula is C9H13NOS. The minimum atomic E-state index is 0.233. The van der Waals surface area contributed by atoms with E-state index in [-0.39, 0.29) is 5.91 Å². The molecule has 0 aromatic carbocycles. The predicted molar refractivity (Wildman–Crippen MR) is 53.0 cm³/mol. The summed E-state index contributed by atoms with van der Waals surface area (Å²) in [5.74, 6) is 1.14. The lowest BCUT2D eigenvalue weighted by atomic mass is 10.2. The van der Waals surface area contributed by atoms with Gasteiger partial charge in [-0.1, -0.05) is 12.2 Å². The summed E-state index contributed by atoms with van der Waals surface area (Å²) in [5, 5.41) is 0.355. The molecule has 3 heteroatoms. The lowest BCUT2D eigenvalue weighted by Gasteiger charge is -2.39. The van der Waals surface area contributed by atoms with Crippen molar-refractivity contribution in [2.24, 2.45) is 0 Å². The van der Waals surface area contributed by atoms with Crippen molar-refractivity contribution in [2.45, 2.75) is 11.8 Å². The Morgan fingerprint density at radius 2 is 2.33 bits per heavy atom. The van der Waals surface area contributed by atoms with E-state index in [0.717, 1.165) is 5.75 Å². The van der Waals surface area contributed by atoms with Crippen LogP contribution in [-0.2, 0) is 4.79 Å². The van der Waals surface area contributed by atoms with E-state index in [1.807, 2.05) is 11.0 Å². The molecule has 0 radical (unpaired) electrons. The van der Waals surface area contributed by atoms with Crippen LogP contribution in [0.5, 0.6) is 0 Å². The minimum absolute atomic E-state index is 0.233. The first-order valence-corrected chi connectivity index (χ1v) is 4.97. The highest BCUT2D eigenvalue weighted by atomic mass is 32.2. The molecule has 0 saturated carbocycles. The smallest absolute Gasteiger partial charge is 0.226 e. The first-order valence-electron chi connectivity index (χ1n) is 3.92. The fraction of sp³-hybridized carbons (Fsp3) is 0.444. The molecule has 0 N–H and O–H groups in total. The molecule has 12 heavy (non-hydrogen) atoms. The van der Waals surface area contributed by atoms with Crippen LogP contribution in [0, 0.1) is 0 Å². The van der Waals surface area contributed by atoms with Gasteiger partial charge in [0.25, 0.3) is 0 Å². The highest BCUT2D eigenvalue weighted by Crippen LogP contribution is 2.28. The van der Waals surface area contributed by atoms with Gasteiger partial charge in [-0.15, -0.1) is 24.9 Å². The lowest BCUT2D eigenvalue weighted by Crippen LogP contribution is -2.50. The highest BCUT2D eigenvalue weighted by Gasteiger charge is 2.34. The number of β-lactam (4-membered cyclic amide) rings is 1. The lowest BCUT2D eigenvalue weighted by molar-refractivity contribution is -0.140. The zero-order chi connectivity index (χ0) is 8.97. The topological polar surface area (TPSA) is 20.3 Å². The summed E-state index contributed by atoms with van der Waals surface area (Å²) in [6, 6.07) is 0. The molecule has 1 amide bonds. The largest absolute Gasteiger partial charge is 0.326 e. The molecule has 1 aliphatic heterocycles. The van der Waals surface area contributed by atoms with Crippen LogP contribution in [0.3, 0.4) is 0 Å². The third-order valence-electron chi connectivity index (χ3n) is 1.75. The van der Waals surface area contributed by atoms with Gasteiger partial charge in [0, 0.05) is 12.3 Å². The van der Waals surface area contributed by atoms with Gasteiger partial charge in [0.1, 0.15) is 0 Å². The fourth-order valence-electron chi connectivity index (χ4n) is 1.11. The first-order chi connectivity index (χ1) is 5.79. The van der Waals surface area contributed by atoms with E-state index in [1.54, 1.807) is 17.8 Å². The van der Waals surface area contributed by atoms with Crippen LogP contribution in [-0.4, -0.2) is 28.5 Å². The molecule has 1 heterocycles. The van der Waals surface area contributed by atoms with Gasteiger partial charge in [-0.25, -0.2) is 0 Å². The summed E-state index contributed by atoms with van der Waals surface area (Å²) in [7, 11) is 0. The third-order valence-corrected chi connectivity index (χ3v) is 2.98. The fourth-order valence-corrected chi connectivity index (χ4v) is 2.11. The van der Waals surface area contributed by atoms with Gasteiger partial charge in [0.05, 0.1) is 11.8 Å². The number of carbonyl (C=O) groups is 1. The second kappa shape index (κ2) is 4.36. The van der Waals surface area contributed by atoms with E-state index in [4.69, 9.17) is 0 Å². The van der Waals surface area contributed by atoms with Gasteiger partial charge in [0.15, 0.2) is 0 Å². The summed E-state index contributed by atoms with van der Waals surface area (Å²) in [6.45, 7) is 7.92. The number of rotatable bonds is 5. The first kappa shape index (κ1) is 9.39. The number of hydrogen-bond acceptors (Lipinski definition) is 2. The van der Waals surface area contributed by atoms with Crippen molar-refractivity contribution in [2.75, 3.05) is 12.3 Å². The molecule has 66 valence electrons. The summed E-state index contributed by atoms with van der Waals surface area (Å²) >= 11 is 1.75. The Labute approximate surface area is 77.3 Å². The van der Waals surface area contributed by atoms with Crippen molar-refractivity contribution in [3.63, 3.8) is 0 Å². The van der Waals surface area contributed by atoms with Crippen LogP contribution in [0.1, 0.15) is 6.42 Å². The summed E-state index contributed by atoms with van der Waals surface area (Å²) in [5.41, 5.74) is 0. The maximum atomic E-state index is 11.0. The third kappa shape index (κ3) is 1.91. The molecule has 1 aliphatic rings. The van der Waals surface area contributed by atoms with Crippen LogP contribution in [0.15, 0.2) is 25.3 Å². The SMILES string of the molecule is C=CCSC1CC(=O)N1CC=C. The van der Waals surface area contributed by atoms with Crippen molar-refractivity contribution in [1.82, 2.24) is 4.90 Å². The summed E-state index contributed by atoms with van der Waals surface area (Å²) in [6.07, 6.45) is 4.30. The molecule has 1 unspecified atom stereocenters. The van der Waals surface area contributed by atoms with Crippen LogP contribution in [0.4, 0.5) is 0 Å². The number of likely N-dealkylation sites (tertiary alicyclic amines) is 1. The predicted octanol–water partition coefficient (Wildman–Crippen LogP) is 1.65. The summed E-state index contributed by atoms with van der Waals surface area (Å²) < 4.78 is 0. The van der Waals surface area contributed by atoms with Crippen molar-refractivity contribution in [3.8, 4) is 0 Å². The second-order valence-electron chi connectivity index (χ2n) is 2.62. The molecule has 1 saturated heterocycles. The van der Waals surface area contributed by atoms with E-state index < -0.39 is 0 Å². The molecular weight excluding hydrogens is 170 g/mol. The maximum absolute atomic E-state index is 11.0. The number of amides is 1. The van der Waals surface area contributed by atoms with Gasteiger partial charge < -0.3 is 4.90 Å². The minimum Gasteiger partial charge on any atom is -0.326 e. The maximum Gasteiger partial charge on any atom is 0.226 e. The van der Waals surface area contributed by atoms with Gasteiger partial charge in [-0.2, -0.15) is 0 Å². The Balaban J connectivity index is 2.31. The normalized spacial score (nSPS) is 21.8. The number of nitrogens with zero attached hydrogens (tertiary/aromatic N) is 1. The monoisotopic (exact) mass is 183 g/mol. The van der Waals surface area contributed by atoms with Gasteiger partial charge in [-0.3, -0.25) is 4.79 Å². The van der Waals surface area contributed by atoms with E-state index >= 15 is 0 Å². The standard InChI is InChI=1S/C9H13NOS/c1-3-5-10-8(11)7-9(10)12-6-4-2/h3-4,9H,1-2,5-7H2. The van der Waals surface area contributed by atoms with Crippen molar-refractivity contribution >= 4 is 17.7 Å². The van der Waals surface area contributed by atoms with E-state index in [2.05, 4.69) is 13.2 Å². The van der Waals surface area contributed by atoms with Gasteiger partial charge in [-0.05, 0) is 0 Å². The Morgan fingerprint density at radius 3 is 2.83 bits per heavy atom. The van der Waals surface area contributed by atoms with E-state index in [0.29, 0.717) is 18.3 Å². The molecule has 0 aliphatic carbocycles. The average molecular weight is 183 g/mol. The Hall–Kier alpha value is -0.700. The molecule has 1 atom stereocenters. The summed E-state index contributed by atoms with van der Waals surface area (Å²) in [4.78, 5) is 12.9. The molecule has 0 aromatic rings. The van der Waals surface area contributed by atoms with Gasteiger partial charge in [0.2, 0.25) is 5.91 Å². The Kier molecular flexibility index (Phi) is 3.41. The van der Waals surface area contributed by atoms with Crippen molar-refractivity contribution < 1.29 is 4.79 Å². The number of hydrogen-bond donors (Lipinski definition) is 0. The second-order valence-corrected chi connectivity index (χ2v) is 3.83. The molecule has 0 bridgehead atoms. The van der Waals surface area contributed by atoms with Crippen molar-refractivity contribution in [3.05, 3.63) is 25.3 Å². The van der Waals surface area contributed by atoms with Crippen LogP contribution < -0.4 is 0 Å². The number of thioether (sulfide) groups is 1. The molecule has 0 spiro atoms. The average Bonchev–Trinajstić information content (AvgIpc) is 2.08. The number of carbonyl (C=O) groups excluding carboxylic acids is 1. The van der Waals surface area contributed by atoms with Crippen LogP contribution >= 0.6 is 11.8 Å².